The molecule has 2 aromatic rings. The van der Waals surface area contributed by atoms with Crippen LogP contribution in [-0.2, 0) is 14.2 Å². The quantitative estimate of drug-likeness (QED) is 0.343. The van der Waals surface area contributed by atoms with Gasteiger partial charge in [0.05, 0.1) is 12.6 Å². The van der Waals surface area contributed by atoms with Gasteiger partial charge in [-0.15, -0.1) is 0 Å². The highest BCUT2D eigenvalue weighted by atomic mass is 79.9. The summed E-state index contributed by atoms with van der Waals surface area (Å²) in [6.45, 7) is 1.59. The molecular formula is C22H22BrN5O5S. The second-order valence-electron chi connectivity index (χ2n) is 8.17. The standard InChI is InChI=1S/C22H22BrN5O5S/c23-13-9-15(16(25-10-13)20(30)28-7-4-8-28)34-22-18(29)17(26-27-24)19-14(32-22)11-31-21(33-19)12-5-2-1-3-6-12/h1-3,5-6,9-10,14,17-19,21-22,29H,4,7-8,11H2/t14?,17-,18?,19+,21?,22-/m1/s1. The van der Waals surface area contributed by atoms with Gasteiger partial charge in [0, 0.05) is 39.1 Å². The summed E-state index contributed by atoms with van der Waals surface area (Å²) >= 11 is 4.57. The van der Waals surface area contributed by atoms with Crippen molar-refractivity contribution in [3.63, 3.8) is 0 Å². The number of carbonyl (C=O) groups excluding carboxylic acids is 1. The van der Waals surface area contributed by atoms with Crippen LogP contribution in [0.5, 0.6) is 0 Å². The van der Waals surface area contributed by atoms with Crippen LogP contribution in [0, 0.1) is 0 Å². The smallest absolute Gasteiger partial charge is 0.273 e. The maximum absolute atomic E-state index is 12.9. The van der Waals surface area contributed by atoms with E-state index in [2.05, 4.69) is 30.9 Å². The Morgan fingerprint density at radius 3 is 2.79 bits per heavy atom. The molecule has 1 N–H and O–H groups in total. The van der Waals surface area contributed by atoms with Gasteiger partial charge in [-0.3, -0.25) is 4.79 Å². The van der Waals surface area contributed by atoms with Crippen molar-refractivity contribution < 1.29 is 24.1 Å². The number of rotatable bonds is 5. The summed E-state index contributed by atoms with van der Waals surface area (Å²) in [5.74, 6) is -0.161. The fourth-order valence-electron chi connectivity index (χ4n) is 4.11. The number of aliphatic hydroxyl groups excluding tert-OH is 1. The Balaban J connectivity index is 1.38. The lowest BCUT2D eigenvalue weighted by molar-refractivity contribution is -0.297. The monoisotopic (exact) mass is 547 g/mol. The Hall–Kier alpha value is -2.18. The summed E-state index contributed by atoms with van der Waals surface area (Å²) in [4.78, 5) is 22.4. The number of amides is 1. The van der Waals surface area contributed by atoms with E-state index in [4.69, 9.17) is 14.2 Å². The Labute approximate surface area is 208 Å². The van der Waals surface area contributed by atoms with Crippen LogP contribution >= 0.6 is 27.7 Å². The molecule has 5 rings (SSSR count). The number of likely N-dealkylation sites (tertiary alicyclic amines) is 1. The van der Waals surface area contributed by atoms with Gasteiger partial charge in [-0.25, -0.2) is 4.98 Å². The van der Waals surface area contributed by atoms with Gasteiger partial charge in [0.15, 0.2) is 6.29 Å². The molecule has 1 amide bonds. The normalized spacial score (nSPS) is 30.6. The molecule has 34 heavy (non-hydrogen) atoms. The Bertz CT molecular complexity index is 1100. The Morgan fingerprint density at radius 1 is 1.29 bits per heavy atom. The number of aliphatic hydroxyl groups is 1. The van der Waals surface area contributed by atoms with Gasteiger partial charge in [0.2, 0.25) is 0 Å². The van der Waals surface area contributed by atoms with Crippen LogP contribution in [0.25, 0.3) is 10.4 Å². The molecule has 12 heteroatoms. The van der Waals surface area contributed by atoms with Crippen LogP contribution in [0.15, 0.2) is 57.1 Å². The molecule has 4 heterocycles. The molecule has 3 fully saturated rings. The zero-order valence-corrected chi connectivity index (χ0v) is 20.3. The largest absolute Gasteiger partial charge is 0.389 e. The van der Waals surface area contributed by atoms with Crippen LogP contribution in [0.2, 0.25) is 0 Å². The maximum Gasteiger partial charge on any atom is 0.273 e. The average Bonchev–Trinajstić information content (AvgIpc) is 2.81. The van der Waals surface area contributed by atoms with Crippen molar-refractivity contribution in [2.45, 2.75) is 47.4 Å². The van der Waals surface area contributed by atoms with Crippen LogP contribution in [0.4, 0.5) is 0 Å². The third-order valence-corrected chi connectivity index (χ3v) is 7.62. The lowest BCUT2D eigenvalue weighted by atomic mass is 9.97. The number of aromatic nitrogens is 1. The predicted molar refractivity (Wildman–Crippen MR) is 126 cm³/mol. The van der Waals surface area contributed by atoms with Gasteiger partial charge in [-0.2, -0.15) is 0 Å². The first-order valence-corrected chi connectivity index (χ1v) is 12.5. The van der Waals surface area contributed by atoms with E-state index >= 15 is 0 Å². The molecule has 178 valence electrons. The SMILES string of the molecule is [N-]=[N+]=N[C@@H]1C(O)[C@@H](Sc2cc(Br)cnc2C(=O)N2CCC2)OC2COC(c3ccccc3)O[C@@H]21. The van der Waals surface area contributed by atoms with Crippen LogP contribution < -0.4 is 0 Å². The molecule has 6 atom stereocenters. The number of pyridine rings is 1. The van der Waals surface area contributed by atoms with E-state index < -0.39 is 36.1 Å². The highest BCUT2D eigenvalue weighted by Gasteiger charge is 2.49. The van der Waals surface area contributed by atoms with E-state index in [0.29, 0.717) is 28.2 Å². The van der Waals surface area contributed by atoms with Gasteiger partial charge in [0.25, 0.3) is 5.91 Å². The molecule has 0 radical (unpaired) electrons. The molecule has 0 spiro atoms. The molecule has 0 saturated carbocycles. The number of halogens is 1. The molecule has 1 aromatic heterocycles. The van der Waals surface area contributed by atoms with Gasteiger partial charge in [-0.1, -0.05) is 47.2 Å². The number of ether oxygens (including phenoxy) is 3. The van der Waals surface area contributed by atoms with E-state index in [9.17, 15) is 15.4 Å². The van der Waals surface area contributed by atoms with Crippen LogP contribution in [0.1, 0.15) is 28.8 Å². The molecular weight excluding hydrogens is 526 g/mol. The van der Waals surface area contributed by atoms with E-state index in [-0.39, 0.29) is 12.5 Å². The fourth-order valence-corrected chi connectivity index (χ4v) is 5.79. The van der Waals surface area contributed by atoms with E-state index in [0.717, 1.165) is 12.0 Å². The summed E-state index contributed by atoms with van der Waals surface area (Å²) in [6, 6.07) is 10.3. The number of hydrogen-bond donors (Lipinski definition) is 1. The first-order chi connectivity index (χ1) is 16.5. The summed E-state index contributed by atoms with van der Waals surface area (Å²) < 4.78 is 18.8. The van der Waals surface area contributed by atoms with Gasteiger partial charge in [0.1, 0.15) is 29.4 Å². The first kappa shape index (κ1) is 23.6. The molecule has 3 unspecified atom stereocenters. The number of nitrogens with zero attached hydrogens (tertiary/aromatic N) is 5. The van der Waals surface area contributed by atoms with Gasteiger partial charge in [-0.05, 0) is 33.9 Å². The Kier molecular flexibility index (Phi) is 7.07. The van der Waals surface area contributed by atoms with Crippen molar-refractivity contribution in [3.8, 4) is 0 Å². The van der Waals surface area contributed by atoms with Crippen molar-refractivity contribution in [1.82, 2.24) is 9.88 Å². The predicted octanol–water partition coefficient (Wildman–Crippen LogP) is 3.66. The minimum Gasteiger partial charge on any atom is -0.389 e. The van der Waals surface area contributed by atoms with Gasteiger partial charge < -0.3 is 24.2 Å². The van der Waals surface area contributed by atoms with Gasteiger partial charge >= 0.3 is 0 Å². The maximum atomic E-state index is 12.9. The van der Waals surface area contributed by atoms with E-state index in [1.165, 1.54) is 11.8 Å². The van der Waals surface area contributed by atoms with E-state index in [1.807, 2.05) is 30.3 Å². The summed E-state index contributed by atoms with van der Waals surface area (Å²) in [6.07, 6.45) is -0.552. The molecule has 0 bridgehead atoms. The number of thioether (sulfide) groups is 1. The molecule has 10 nitrogen and oxygen atoms in total. The topological polar surface area (TPSA) is 130 Å². The number of hydrogen-bond acceptors (Lipinski definition) is 8. The molecule has 3 aliphatic rings. The summed E-state index contributed by atoms with van der Waals surface area (Å²) in [5.41, 5.74) is 9.47. The van der Waals surface area contributed by atoms with Crippen molar-refractivity contribution >= 4 is 33.6 Å². The number of benzene rings is 1. The number of fused-ring (bicyclic) bond motifs is 1. The van der Waals surface area contributed by atoms with Crippen LogP contribution in [0.3, 0.4) is 0 Å². The van der Waals surface area contributed by atoms with Crippen LogP contribution in [-0.4, -0.2) is 70.4 Å². The second kappa shape index (κ2) is 10.2. The average molecular weight is 548 g/mol. The van der Waals surface area contributed by atoms with Crippen molar-refractivity contribution in [1.29, 1.82) is 0 Å². The minimum absolute atomic E-state index is 0.161. The van der Waals surface area contributed by atoms with E-state index in [1.54, 1.807) is 17.2 Å². The van der Waals surface area contributed by atoms with Crippen molar-refractivity contribution in [2.24, 2.45) is 5.11 Å². The van der Waals surface area contributed by atoms with Crippen molar-refractivity contribution in [2.75, 3.05) is 19.7 Å². The lowest BCUT2D eigenvalue weighted by Crippen LogP contribution is -2.60. The summed E-state index contributed by atoms with van der Waals surface area (Å²) in [5, 5.41) is 15.0. The Morgan fingerprint density at radius 2 is 2.09 bits per heavy atom. The zero-order chi connectivity index (χ0) is 23.7. The number of carbonyl (C=O) groups is 1. The molecule has 0 aliphatic carbocycles. The third-order valence-electron chi connectivity index (χ3n) is 6.00. The summed E-state index contributed by atoms with van der Waals surface area (Å²) in [7, 11) is 0. The second-order valence-corrected chi connectivity index (χ2v) is 10.2. The molecule has 3 saturated heterocycles. The van der Waals surface area contributed by atoms with Crippen molar-refractivity contribution in [3.05, 3.63) is 68.8 Å². The third kappa shape index (κ3) is 4.67. The lowest BCUT2D eigenvalue weighted by Gasteiger charge is -2.46. The minimum atomic E-state index is -1.18. The number of azide groups is 1. The highest BCUT2D eigenvalue weighted by Crippen LogP contribution is 2.41. The molecule has 1 aromatic carbocycles. The molecule has 3 aliphatic heterocycles. The highest BCUT2D eigenvalue weighted by molar-refractivity contribution is 9.10. The first-order valence-electron chi connectivity index (χ1n) is 10.9. The zero-order valence-electron chi connectivity index (χ0n) is 17.9. The fraction of sp³-hybridized carbons (Fsp3) is 0.455.